The number of nitrogens with zero attached hydrogens (tertiary/aromatic N) is 4. The molecule has 4 N–H and O–H groups in total. The van der Waals surface area contributed by atoms with Gasteiger partial charge < -0.3 is 14.9 Å². The maximum absolute atomic E-state index is 12.4. The monoisotopic (exact) mass is 367 g/mol. The van der Waals surface area contributed by atoms with E-state index in [1.165, 1.54) is 0 Å². The Morgan fingerprint density at radius 1 is 1.19 bits per heavy atom. The number of aromatic hydroxyl groups is 1. The molecular formula is C17H17N7O3. The second kappa shape index (κ2) is 7.48. The summed E-state index contributed by atoms with van der Waals surface area (Å²) in [6.45, 7) is 0.0953. The van der Waals surface area contributed by atoms with Gasteiger partial charge in [-0.1, -0.05) is 23.4 Å². The minimum atomic E-state index is -0.450. The van der Waals surface area contributed by atoms with Gasteiger partial charge in [-0.05, 0) is 18.6 Å². The summed E-state index contributed by atoms with van der Waals surface area (Å²) in [5.74, 6) is 0.857. The lowest BCUT2D eigenvalue weighted by Gasteiger charge is -2.11. The smallest absolute Gasteiger partial charge is 0.246 e. The van der Waals surface area contributed by atoms with Crippen LogP contribution in [0.2, 0.25) is 0 Å². The SMILES string of the molecule is O=C(NCc1nc(-c2ncccn2)no1)C1CC(c2ccccc2O)NN1. The minimum absolute atomic E-state index is 0.0953. The molecule has 2 atom stereocenters. The molecular weight excluding hydrogens is 350 g/mol. The van der Waals surface area contributed by atoms with E-state index in [1.54, 1.807) is 30.6 Å². The van der Waals surface area contributed by atoms with Crippen LogP contribution >= 0.6 is 0 Å². The van der Waals surface area contributed by atoms with E-state index in [0.717, 1.165) is 5.56 Å². The number of hydrazine groups is 1. The summed E-state index contributed by atoms with van der Waals surface area (Å²) < 4.78 is 5.11. The van der Waals surface area contributed by atoms with Gasteiger partial charge in [-0.25, -0.2) is 20.8 Å². The zero-order chi connectivity index (χ0) is 18.6. The number of phenols is 1. The van der Waals surface area contributed by atoms with Gasteiger partial charge in [-0.3, -0.25) is 4.79 Å². The van der Waals surface area contributed by atoms with Crippen molar-refractivity contribution < 1.29 is 14.4 Å². The number of amides is 1. The summed E-state index contributed by atoms with van der Waals surface area (Å²) in [6.07, 6.45) is 3.66. The van der Waals surface area contributed by atoms with Crippen LogP contribution in [0.25, 0.3) is 11.6 Å². The van der Waals surface area contributed by atoms with Crippen molar-refractivity contribution in [2.24, 2.45) is 0 Å². The molecule has 1 saturated heterocycles. The molecule has 27 heavy (non-hydrogen) atoms. The molecule has 138 valence electrons. The summed E-state index contributed by atoms with van der Waals surface area (Å²) in [5.41, 5.74) is 6.71. The fraction of sp³-hybridized carbons (Fsp3) is 0.235. The Morgan fingerprint density at radius 3 is 2.81 bits per heavy atom. The number of carbonyl (C=O) groups is 1. The van der Waals surface area contributed by atoms with Gasteiger partial charge in [0.05, 0.1) is 12.6 Å². The van der Waals surface area contributed by atoms with E-state index in [9.17, 15) is 9.90 Å². The van der Waals surface area contributed by atoms with Crippen molar-refractivity contribution in [3.63, 3.8) is 0 Å². The third-order valence-corrected chi connectivity index (χ3v) is 4.18. The molecule has 4 rings (SSSR count). The van der Waals surface area contributed by atoms with Gasteiger partial charge in [0.25, 0.3) is 0 Å². The average molecular weight is 367 g/mol. The van der Waals surface area contributed by atoms with Crippen LogP contribution in [0.1, 0.15) is 23.9 Å². The van der Waals surface area contributed by atoms with Crippen molar-refractivity contribution in [2.45, 2.75) is 25.0 Å². The molecule has 0 spiro atoms. The second-order valence-corrected chi connectivity index (χ2v) is 5.99. The average Bonchev–Trinajstić information content (AvgIpc) is 3.37. The van der Waals surface area contributed by atoms with Crippen LogP contribution in [0.5, 0.6) is 5.75 Å². The van der Waals surface area contributed by atoms with Crippen LogP contribution in [-0.4, -0.2) is 37.2 Å². The summed E-state index contributed by atoms with van der Waals surface area (Å²) in [5, 5.41) is 16.5. The van der Waals surface area contributed by atoms with Gasteiger partial charge in [0, 0.05) is 18.0 Å². The van der Waals surface area contributed by atoms with Crippen LogP contribution in [-0.2, 0) is 11.3 Å². The van der Waals surface area contributed by atoms with Gasteiger partial charge in [-0.15, -0.1) is 0 Å². The molecule has 0 bridgehead atoms. The Labute approximate surface area is 154 Å². The van der Waals surface area contributed by atoms with Crippen molar-refractivity contribution in [1.82, 2.24) is 36.3 Å². The molecule has 0 aliphatic carbocycles. The zero-order valence-corrected chi connectivity index (χ0v) is 14.2. The normalized spacial score (nSPS) is 19.1. The van der Waals surface area contributed by atoms with E-state index in [4.69, 9.17) is 4.52 Å². The maximum atomic E-state index is 12.4. The lowest BCUT2D eigenvalue weighted by Crippen LogP contribution is -2.42. The number of hydrogen-bond acceptors (Lipinski definition) is 9. The Kier molecular flexibility index (Phi) is 4.73. The summed E-state index contributed by atoms with van der Waals surface area (Å²) in [7, 11) is 0. The Morgan fingerprint density at radius 2 is 2.00 bits per heavy atom. The largest absolute Gasteiger partial charge is 0.508 e. The Bertz CT molecular complexity index is 931. The predicted molar refractivity (Wildman–Crippen MR) is 92.7 cm³/mol. The lowest BCUT2D eigenvalue weighted by molar-refractivity contribution is -0.123. The van der Waals surface area contributed by atoms with E-state index in [0.29, 0.717) is 12.2 Å². The van der Waals surface area contributed by atoms with E-state index in [2.05, 4.69) is 36.3 Å². The molecule has 0 radical (unpaired) electrons. The Hall–Kier alpha value is -3.37. The molecule has 10 nitrogen and oxygen atoms in total. The topological polar surface area (TPSA) is 138 Å². The molecule has 2 aromatic heterocycles. The first-order valence-corrected chi connectivity index (χ1v) is 8.37. The standard InChI is InChI=1S/C17H17N7O3/c25-13-5-2-1-4-10(13)11-8-12(23-22-11)17(26)20-9-14-21-16(24-27-14)15-18-6-3-7-19-15/h1-7,11-12,22-23,25H,8-9H2,(H,20,26). The number of phenolic OH excluding ortho intramolecular Hbond substituents is 1. The molecule has 1 aromatic carbocycles. The van der Waals surface area contributed by atoms with Crippen molar-refractivity contribution in [1.29, 1.82) is 0 Å². The van der Waals surface area contributed by atoms with Gasteiger partial charge in [0.1, 0.15) is 11.8 Å². The van der Waals surface area contributed by atoms with Crippen LogP contribution in [0.3, 0.4) is 0 Å². The van der Waals surface area contributed by atoms with Crippen molar-refractivity contribution in [2.75, 3.05) is 0 Å². The fourth-order valence-corrected chi connectivity index (χ4v) is 2.83. The van der Waals surface area contributed by atoms with Gasteiger partial charge in [-0.2, -0.15) is 4.98 Å². The van der Waals surface area contributed by atoms with Crippen LogP contribution < -0.4 is 16.2 Å². The number of nitrogens with one attached hydrogen (secondary N) is 3. The molecule has 1 fully saturated rings. The summed E-state index contributed by atoms with van der Waals surface area (Å²) in [4.78, 5) is 24.6. The third kappa shape index (κ3) is 3.76. The summed E-state index contributed by atoms with van der Waals surface area (Å²) >= 11 is 0. The molecule has 1 aliphatic heterocycles. The Balaban J connectivity index is 1.33. The molecule has 0 saturated carbocycles. The van der Waals surface area contributed by atoms with Crippen LogP contribution in [0.15, 0.2) is 47.2 Å². The number of carbonyl (C=O) groups excluding carboxylic acids is 1. The molecule has 10 heteroatoms. The number of para-hydroxylation sites is 1. The third-order valence-electron chi connectivity index (χ3n) is 4.18. The fourth-order valence-electron chi connectivity index (χ4n) is 2.83. The van der Waals surface area contributed by atoms with E-state index in [-0.39, 0.29) is 36.0 Å². The lowest BCUT2D eigenvalue weighted by atomic mass is 10.0. The van der Waals surface area contributed by atoms with E-state index >= 15 is 0 Å². The number of hydrogen-bond donors (Lipinski definition) is 4. The molecule has 1 amide bonds. The second-order valence-electron chi connectivity index (χ2n) is 5.99. The molecule has 3 heterocycles. The zero-order valence-electron chi connectivity index (χ0n) is 14.2. The highest BCUT2D eigenvalue weighted by atomic mass is 16.5. The van der Waals surface area contributed by atoms with Crippen LogP contribution in [0, 0.1) is 0 Å². The summed E-state index contributed by atoms with van der Waals surface area (Å²) in [6, 6.07) is 8.12. The molecule has 3 aromatic rings. The maximum Gasteiger partial charge on any atom is 0.246 e. The quantitative estimate of drug-likeness (QED) is 0.506. The number of aromatic nitrogens is 4. The number of rotatable bonds is 5. The first kappa shape index (κ1) is 17.1. The minimum Gasteiger partial charge on any atom is -0.508 e. The van der Waals surface area contributed by atoms with Gasteiger partial charge in [0.2, 0.25) is 23.4 Å². The van der Waals surface area contributed by atoms with E-state index in [1.807, 2.05) is 12.1 Å². The van der Waals surface area contributed by atoms with Crippen molar-refractivity contribution in [3.05, 3.63) is 54.2 Å². The molecule has 2 unspecified atom stereocenters. The van der Waals surface area contributed by atoms with E-state index < -0.39 is 6.04 Å². The number of benzene rings is 1. The van der Waals surface area contributed by atoms with Gasteiger partial charge in [0.15, 0.2) is 0 Å². The highest BCUT2D eigenvalue weighted by Gasteiger charge is 2.31. The first-order chi connectivity index (χ1) is 13.2. The highest BCUT2D eigenvalue weighted by Crippen LogP contribution is 2.29. The molecule has 1 aliphatic rings. The van der Waals surface area contributed by atoms with Crippen LogP contribution in [0.4, 0.5) is 0 Å². The van der Waals surface area contributed by atoms with Crippen molar-refractivity contribution in [3.8, 4) is 17.4 Å². The van der Waals surface area contributed by atoms with Crippen molar-refractivity contribution >= 4 is 5.91 Å². The van der Waals surface area contributed by atoms with Gasteiger partial charge >= 0.3 is 0 Å². The first-order valence-electron chi connectivity index (χ1n) is 8.37. The highest BCUT2D eigenvalue weighted by molar-refractivity contribution is 5.82. The predicted octanol–water partition coefficient (Wildman–Crippen LogP) is 0.456.